The zero-order chi connectivity index (χ0) is 15.6. The SMILES string of the molecule is CCN(CC(C)C(=O)O)C(=O)c1cn(C)c2ccccc12. The van der Waals surface area contributed by atoms with Crippen molar-refractivity contribution in [2.75, 3.05) is 13.1 Å². The van der Waals surface area contributed by atoms with E-state index >= 15 is 0 Å². The molecule has 0 aliphatic carbocycles. The van der Waals surface area contributed by atoms with Crippen LogP contribution in [0.3, 0.4) is 0 Å². The fraction of sp³-hybridized carbons (Fsp3) is 0.375. The highest BCUT2D eigenvalue weighted by Crippen LogP contribution is 2.22. The van der Waals surface area contributed by atoms with Crippen molar-refractivity contribution >= 4 is 22.8 Å². The molecule has 2 aromatic rings. The molecule has 1 unspecified atom stereocenters. The van der Waals surface area contributed by atoms with E-state index in [1.807, 2.05) is 42.8 Å². The average molecular weight is 288 g/mol. The molecular formula is C16H20N2O3. The molecule has 1 amide bonds. The fourth-order valence-corrected chi connectivity index (χ4v) is 2.45. The maximum Gasteiger partial charge on any atom is 0.308 e. The standard InChI is InChI=1S/C16H20N2O3/c1-4-18(9-11(2)16(20)21)15(19)13-10-17(3)14-8-6-5-7-12(13)14/h5-8,10-11H,4,9H2,1-3H3,(H,20,21). The third-order valence-electron chi connectivity index (χ3n) is 3.71. The van der Waals surface area contributed by atoms with E-state index < -0.39 is 11.9 Å². The van der Waals surface area contributed by atoms with Crippen molar-refractivity contribution < 1.29 is 14.7 Å². The molecule has 2 rings (SSSR count). The number of rotatable bonds is 5. The minimum absolute atomic E-state index is 0.123. The summed E-state index contributed by atoms with van der Waals surface area (Å²) < 4.78 is 1.91. The smallest absolute Gasteiger partial charge is 0.308 e. The number of benzene rings is 1. The number of aromatic nitrogens is 1. The van der Waals surface area contributed by atoms with Gasteiger partial charge in [-0.3, -0.25) is 9.59 Å². The second-order valence-corrected chi connectivity index (χ2v) is 5.25. The van der Waals surface area contributed by atoms with Crippen LogP contribution in [0.15, 0.2) is 30.5 Å². The van der Waals surface area contributed by atoms with Crippen LogP contribution in [0.1, 0.15) is 24.2 Å². The van der Waals surface area contributed by atoms with Gasteiger partial charge in [0.15, 0.2) is 0 Å². The van der Waals surface area contributed by atoms with Gasteiger partial charge in [0.05, 0.1) is 11.5 Å². The Labute approximate surface area is 123 Å². The zero-order valence-electron chi connectivity index (χ0n) is 12.5. The predicted molar refractivity (Wildman–Crippen MR) is 81.3 cm³/mol. The summed E-state index contributed by atoms with van der Waals surface area (Å²) in [5.41, 5.74) is 1.61. The van der Waals surface area contributed by atoms with Gasteiger partial charge in [0.25, 0.3) is 5.91 Å². The largest absolute Gasteiger partial charge is 0.481 e. The monoisotopic (exact) mass is 288 g/mol. The van der Waals surface area contributed by atoms with Crippen molar-refractivity contribution in [3.05, 3.63) is 36.0 Å². The number of hydrogen-bond donors (Lipinski definition) is 1. The maximum absolute atomic E-state index is 12.7. The molecule has 1 aromatic heterocycles. The lowest BCUT2D eigenvalue weighted by molar-refractivity contribution is -0.141. The molecule has 112 valence electrons. The number of aliphatic carboxylic acids is 1. The summed E-state index contributed by atoms with van der Waals surface area (Å²) in [6.45, 7) is 4.17. The van der Waals surface area contributed by atoms with Gasteiger partial charge in [0.2, 0.25) is 0 Å². The molecule has 1 heterocycles. The van der Waals surface area contributed by atoms with Gasteiger partial charge in [-0.2, -0.15) is 0 Å². The maximum atomic E-state index is 12.7. The number of amides is 1. The molecule has 0 radical (unpaired) electrons. The van der Waals surface area contributed by atoms with E-state index in [0.29, 0.717) is 12.1 Å². The van der Waals surface area contributed by atoms with Crippen molar-refractivity contribution in [1.29, 1.82) is 0 Å². The molecule has 1 atom stereocenters. The normalized spacial score (nSPS) is 12.3. The quantitative estimate of drug-likeness (QED) is 0.918. The van der Waals surface area contributed by atoms with Crippen LogP contribution in [0.5, 0.6) is 0 Å². The van der Waals surface area contributed by atoms with Gasteiger partial charge < -0.3 is 14.6 Å². The molecule has 1 aromatic carbocycles. The van der Waals surface area contributed by atoms with Gasteiger partial charge in [0.1, 0.15) is 0 Å². The summed E-state index contributed by atoms with van der Waals surface area (Å²) in [5.74, 6) is -1.59. The second kappa shape index (κ2) is 5.99. The summed E-state index contributed by atoms with van der Waals surface area (Å²) in [6, 6.07) is 7.70. The molecule has 5 nitrogen and oxygen atoms in total. The van der Waals surface area contributed by atoms with Crippen molar-refractivity contribution in [2.45, 2.75) is 13.8 Å². The first kappa shape index (κ1) is 15.1. The highest BCUT2D eigenvalue weighted by molar-refractivity contribution is 6.07. The van der Waals surface area contributed by atoms with Gasteiger partial charge >= 0.3 is 5.97 Å². The minimum Gasteiger partial charge on any atom is -0.481 e. The summed E-state index contributed by atoms with van der Waals surface area (Å²) in [6.07, 6.45) is 1.81. The number of carbonyl (C=O) groups is 2. The number of hydrogen-bond acceptors (Lipinski definition) is 2. The molecule has 21 heavy (non-hydrogen) atoms. The Morgan fingerprint density at radius 1 is 1.33 bits per heavy atom. The van der Waals surface area contributed by atoms with E-state index in [1.165, 1.54) is 0 Å². The molecule has 0 bridgehead atoms. The Kier molecular flexibility index (Phi) is 4.31. The van der Waals surface area contributed by atoms with E-state index in [2.05, 4.69) is 0 Å². The van der Waals surface area contributed by atoms with Crippen molar-refractivity contribution in [3.8, 4) is 0 Å². The molecule has 0 aliphatic heterocycles. The number of fused-ring (bicyclic) bond motifs is 1. The number of nitrogens with zero attached hydrogens (tertiary/aromatic N) is 2. The lowest BCUT2D eigenvalue weighted by Crippen LogP contribution is -2.36. The predicted octanol–water partition coefficient (Wildman–Crippen LogP) is 2.36. The minimum atomic E-state index is -0.890. The first-order valence-electron chi connectivity index (χ1n) is 7.01. The Balaban J connectivity index is 2.34. The van der Waals surface area contributed by atoms with Crippen LogP contribution in [-0.4, -0.2) is 39.5 Å². The molecule has 0 aliphatic rings. The van der Waals surface area contributed by atoms with Crippen LogP contribution in [0.2, 0.25) is 0 Å². The van der Waals surface area contributed by atoms with E-state index in [4.69, 9.17) is 5.11 Å². The van der Waals surface area contributed by atoms with Crippen LogP contribution in [-0.2, 0) is 11.8 Å². The van der Waals surface area contributed by atoms with Crippen molar-refractivity contribution in [3.63, 3.8) is 0 Å². The molecule has 0 saturated carbocycles. The first-order valence-corrected chi connectivity index (χ1v) is 7.01. The third-order valence-corrected chi connectivity index (χ3v) is 3.71. The summed E-state index contributed by atoms with van der Waals surface area (Å²) in [4.78, 5) is 25.2. The summed E-state index contributed by atoms with van der Waals surface area (Å²) >= 11 is 0. The Morgan fingerprint density at radius 3 is 2.62 bits per heavy atom. The van der Waals surface area contributed by atoms with E-state index in [0.717, 1.165) is 10.9 Å². The Morgan fingerprint density at radius 2 is 2.00 bits per heavy atom. The first-order chi connectivity index (χ1) is 9.95. The Hall–Kier alpha value is -2.30. The van der Waals surface area contributed by atoms with Gasteiger partial charge in [0, 0.05) is 37.2 Å². The van der Waals surface area contributed by atoms with E-state index in [1.54, 1.807) is 18.0 Å². The van der Waals surface area contributed by atoms with Gasteiger partial charge in [-0.05, 0) is 13.0 Å². The molecule has 0 spiro atoms. The van der Waals surface area contributed by atoms with E-state index in [-0.39, 0.29) is 12.5 Å². The average Bonchev–Trinajstić information content (AvgIpc) is 2.81. The Bertz CT molecular complexity index is 675. The van der Waals surface area contributed by atoms with Crippen LogP contribution in [0, 0.1) is 5.92 Å². The molecule has 1 N–H and O–H groups in total. The fourth-order valence-electron chi connectivity index (χ4n) is 2.45. The molecule has 0 fully saturated rings. The highest BCUT2D eigenvalue weighted by Gasteiger charge is 2.22. The summed E-state index contributed by atoms with van der Waals surface area (Å²) in [5, 5.41) is 9.91. The molecular weight excluding hydrogens is 268 g/mol. The zero-order valence-corrected chi connectivity index (χ0v) is 12.5. The lowest BCUT2D eigenvalue weighted by Gasteiger charge is -2.22. The topological polar surface area (TPSA) is 62.5 Å². The van der Waals surface area contributed by atoms with Crippen molar-refractivity contribution in [2.24, 2.45) is 13.0 Å². The lowest BCUT2D eigenvalue weighted by atomic mass is 10.1. The number of carboxylic acids is 1. The highest BCUT2D eigenvalue weighted by atomic mass is 16.4. The number of carbonyl (C=O) groups excluding carboxylic acids is 1. The van der Waals surface area contributed by atoms with E-state index in [9.17, 15) is 9.59 Å². The van der Waals surface area contributed by atoms with Crippen molar-refractivity contribution in [1.82, 2.24) is 9.47 Å². The van der Waals surface area contributed by atoms with Crippen LogP contribution >= 0.6 is 0 Å². The van der Waals surface area contributed by atoms with Crippen LogP contribution < -0.4 is 0 Å². The van der Waals surface area contributed by atoms with Gasteiger partial charge in [-0.25, -0.2) is 0 Å². The van der Waals surface area contributed by atoms with Crippen LogP contribution in [0.4, 0.5) is 0 Å². The third kappa shape index (κ3) is 2.91. The summed E-state index contributed by atoms with van der Waals surface area (Å²) in [7, 11) is 1.90. The molecule has 0 saturated heterocycles. The van der Waals surface area contributed by atoms with Gasteiger partial charge in [-0.1, -0.05) is 25.1 Å². The number of carboxylic acid groups (broad SMARTS) is 1. The number of para-hydroxylation sites is 1. The number of aryl methyl sites for hydroxylation is 1. The molecule has 5 heteroatoms. The van der Waals surface area contributed by atoms with Gasteiger partial charge in [-0.15, -0.1) is 0 Å². The van der Waals surface area contributed by atoms with Crippen LogP contribution in [0.25, 0.3) is 10.9 Å². The second-order valence-electron chi connectivity index (χ2n) is 5.25.